The molecule has 1 aliphatic rings. The average molecular weight is 631 g/mol. The standard InChI is InChI=1S/C31H25BrClN5O3/c1-20-7-10-24(41-20)11-9-22-18-26(25-17-21(32)8-12-27(25)35-22)30(39)37-15-13-36(14-16-37)28-19-34-38(31(40)29(28)33)23-5-3-2-4-6-23/h2-12,17-19H,13-16H2,1H3/b11-9+. The Morgan fingerprint density at radius 1 is 1.00 bits per heavy atom. The molecule has 3 aromatic heterocycles. The van der Waals surface area contributed by atoms with Gasteiger partial charge < -0.3 is 14.2 Å². The summed E-state index contributed by atoms with van der Waals surface area (Å²) in [4.78, 5) is 35.4. The van der Waals surface area contributed by atoms with Crippen molar-refractivity contribution in [1.82, 2.24) is 19.7 Å². The number of benzene rings is 2. The monoisotopic (exact) mass is 629 g/mol. The van der Waals surface area contributed by atoms with Crippen LogP contribution in [0.2, 0.25) is 5.02 Å². The number of halogens is 2. The van der Waals surface area contributed by atoms with E-state index in [4.69, 9.17) is 21.0 Å². The smallest absolute Gasteiger partial charge is 0.292 e. The minimum absolute atomic E-state index is 0.0811. The molecular weight excluding hydrogens is 606 g/mol. The van der Waals surface area contributed by atoms with Crippen LogP contribution in [-0.2, 0) is 0 Å². The molecule has 0 spiro atoms. The summed E-state index contributed by atoms with van der Waals surface area (Å²) in [5, 5.41) is 5.23. The van der Waals surface area contributed by atoms with E-state index < -0.39 is 0 Å². The SMILES string of the molecule is Cc1ccc(/C=C/c2cc(C(=O)N3CCN(c4cnn(-c5ccccc5)c(=O)c4Cl)CC3)c3cc(Br)ccc3n2)o1. The van der Waals surface area contributed by atoms with E-state index in [1.165, 1.54) is 4.68 Å². The van der Waals surface area contributed by atoms with Gasteiger partial charge in [-0.1, -0.05) is 45.7 Å². The number of aryl methyl sites for hydroxylation is 1. The zero-order chi connectivity index (χ0) is 28.5. The number of piperazine rings is 1. The van der Waals surface area contributed by atoms with Crippen LogP contribution in [0.4, 0.5) is 5.69 Å². The number of hydrogen-bond donors (Lipinski definition) is 0. The number of carbonyl (C=O) groups excluding carboxylic acids is 1. The van der Waals surface area contributed by atoms with Crippen molar-refractivity contribution in [2.24, 2.45) is 0 Å². The highest BCUT2D eigenvalue weighted by Crippen LogP contribution is 2.27. The third-order valence-corrected chi connectivity index (χ3v) is 7.86. The van der Waals surface area contributed by atoms with Crippen molar-refractivity contribution in [3.05, 3.63) is 116 Å². The zero-order valence-electron chi connectivity index (χ0n) is 22.1. The highest BCUT2D eigenvalue weighted by Gasteiger charge is 2.26. The summed E-state index contributed by atoms with van der Waals surface area (Å²) < 4.78 is 7.79. The predicted octanol–water partition coefficient (Wildman–Crippen LogP) is 6.23. The summed E-state index contributed by atoms with van der Waals surface area (Å²) in [5.74, 6) is 1.46. The van der Waals surface area contributed by atoms with Crippen LogP contribution >= 0.6 is 27.5 Å². The second kappa shape index (κ2) is 11.3. The first kappa shape index (κ1) is 27.0. The zero-order valence-corrected chi connectivity index (χ0v) is 24.5. The number of carbonyl (C=O) groups is 1. The Labute approximate surface area is 249 Å². The molecule has 0 aliphatic carbocycles. The molecule has 1 amide bonds. The number of fused-ring (bicyclic) bond motifs is 1. The lowest BCUT2D eigenvalue weighted by Gasteiger charge is -2.36. The molecule has 0 radical (unpaired) electrons. The first-order chi connectivity index (χ1) is 19.9. The van der Waals surface area contributed by atoms with E-state index in [0.717, 1.165) is 21.1 Å². The molecule has 0 N–H and O–H groups in total. The second-order valence-corrected chi connectivity index (χ2v) is 11.0. The van der Waals surface area contributed by atoms with Gasteiger partial charge in [0.15, 0.2) is 0 Å². The van der Waals surface area contributed by atoms with Crippen LogP contribution in [-0.4, -0.2) is 51.8 Å². The van der Waals surface area contributed by atoms with Gasteiger partial charge in [-0.2, -0.15) is 9.78 Å². The van der Waals surface area contributed by atoms with Crippen LogP contribution in [0.25, 0.3) is 28.7 Å². The molecule has 10 heteroatoms. The number of nitrogens with zero attached hydrogens (tertiary/aromatic N) is 5. The minimum atomic E-state index is -0.381. The van der Waals surface area contributed by atoms with E-state index in [1.54, 1.807) is 18.3 Å². The molecule has 0 atom stereocenters. The fourth-order valence-corrected chi connectivity index (χ4v) is 5.52. The number of amides is 1. The minimum Gasteiger partial charge on any atom is -0.462 e. The van der Waals surface area contributed by atoms with E-state index in [1.807, 2.05) is 83.5 Å². The van der Waals surface area contributed by atoms with Gasteiger partial charge in [0, 0.05) is 36.0 Å². The van der Waals surface area contributed by atoms with Crippen LogP contribution in [0, 0.1) is 6.92 Å². The number of rotatable bonds is 5. The maximum absolute atomic E-state index is 13.9. The van der Waals surface area contributed by atoms with Gasteiger partial charge in [0.2, 0.25) is 0 Å². The van der Waals surface area contributed by atoms with Crippen molar-refractivity contribution in [3.63, 3.8) is 0 Å². The van der Waals surface area contributed by atoms with Crippen molar-refractivity contribution in [1.29, 1.82) is 0 Å². The Morgan fingerprint density at radius 2 is 1.78 bits per heavy atom. The van der Waals surface area contributed by atoms with E-state index in [9.17, 15) is 9.59 Å². The summed E-state index contributed by atoms with van der Waals surface area (Å²) in [7, 11) is 0. The molecule has 206 valence electrons. The number of furan rings is 1. The van der Waals surface area contributed by atoms with E-state index in [2.05, 4.69) is 21.0 Å². The van der Waals surface area contributed by atoms with E-state index in [-0.39, 0.29) is 16.5 Å². The van der Waals surface area contributed by atoms with Gasteiger partial charge in [-0.05, 0) is 67.6 Å². The van der Waals surface area contributed by atoms with Crippen LogP contribution in [0.1, 0.15) is 27.6 Å². The van der Waals surface area contributed by atoms with Crippen molar-refractivity contribution in [3.8, 4) is 5.69 Å². The third-order valence-electron chi connectivity index (χ3n) is 7.01. The van der Waals surface area contributed by atoms with Crippen molar-refractivity contribution in [2.45, 2.75) is 6.92 Å². The average Bonchev–Trinajstić information content (AvgIpc) is 3.42. The lowest BCUT2D eigenvalue weighted by molar-refractivity contribution is 0.0748. The normalized spacial score (nSPS) is 13.8. The van der Waals surface area contributed by atoms with Gasteiger partial charge in [-0.15, -0.1) is 0 Å². The van der Waals surface area contributed by atoms with Crippen LogP contribution in [0.3, 0.4) is 0 Å². The molecule has 8 nitrogen and oxygen atoms in total. The number of para-hydroxylation sites is 1. The van der Waals surface area contributed by atoms with Gasteiger partial charge in [0.25, 0.3) is 11.5 Å². The summed E-state index contributed by atoms with van der Waals surface area (Å²) >= 11 is 10.1. The predicted molar refractivity (Wildman–Crippen MR) is 165 cm³/mol. The quantitative estimate of drug-likeness (QED) is 0.229. The second-order valence-electron chi connectivity index (χ2n) is 9.71. The third kappa shape index (κ3) is 5.55. The summed E-state index contributed by atoms with van der Waals surface area (Å²) in [6.07, 6.45) is 5.30. The van der Waals surface area contributed by atoms with Crippen molar-refractivity contribution in [2.75, 3.05) is 31.1 Å². The summed E-state index contributed by atoms with van der Waals surface area (Å²) in [5.41, 5.74) is 2.79. The fourth-order valence-electron chi connectivity index (χ4n) is 4.91. The topological polar surface area (TPSA) is 84.5 Å². The molecule has 4 heterocycles. The largest absolute Gasteiger partial charge is 0.462 e. The number of hydrogen-bond acceptors (Lipinski definition) is 6. The molecular formula is C31H25BrClN5O3. The highest BCUT2D eigenvalue weighted by atomic mass is 79.9. The summed E-state index contributed by atoms with van der Waals surface area (Å²) in [6.45, 7) is 3.85. The first-order valence-electron chi connectivity index (χ1n) is 13.1. The first-order valence-corrected chi connectivity index (χ1v) is 14.3. The summed E-state index contributed by atoms with van der Waals surface area (Å²) in [6, 6.07) is 20.5. The number of pyridine rings is 1. The molecule has 0 saturated carbocycles. The van der Waals surface area contributed by atoms with Gasteiger partial charge in [-0.3, -0.25) is 9.59 Å². The molecule has 1 fully saturated rings. The number of aromatic nitrogens is 3. The van der Waals surface area contributed by atoms with E-state index >= 15 is 0 Å². The molecule has 2 aromatic carbocycles. The van der Waals surface area contributed by atoms with Gasteiger partial charge in [0.1, 0.15) is 16.5 Å². The Hall–Kier alpha value is -4.21. The Morgan fingerprint density at radius 3 is 2.51 bits per heavy atom. The maximum atomic E-state index is 13.9. The van der Waals surface area contributed by atoms with Crippen LogP contribution in [0.5, 0.6) is 0 Å². The Kier molecular flexibility index (Phi) is 7.47. The molecule has 41 heavy (non-hydrogen) atoms. The van der Waals surface area contributed by atoms with Gasteiger partial charge >= 0.3 is 0 Å². The lowest BCUT2D eigenvalue weighted by atomic mass is 10.1. The lowest BCUT2D eigenvalue weighted by Crippen LogP contribution is -2.49. The molecule has 6 rings (SSSR count). The highest BCUT2D eigenvalue weighted by molar-refractivity contribution is 9.10. The Balaban J connectivity index is 1.24. The van der Waals surface area contributed by atoms with Gasteiger partial charge in [0.05, 0.1) is 34.3 Å². The maximum Gasteiger partial charge on any atom is 0.292 e. The van der Waals surface area contributed by atoms with Crippen LogP contribution in [0.15, 0.2) is 86.6 Å². The Bertz CT molecular complexity index is 1840. The molecule has 0 unspecified atom stereocenters. The van der Waals surface area contributed by atoms with E-state index in [0.29, 0.717) is 54.6 Å². The molecule has 5 aromatic rings. The molecule has 1 aliphatic heterocycles. The van der Waals surface area contributed by atoms with Crippen LogP contribution < -0.4 is 10.5 Å². The fraction of sp³-hybridized carbons (Fsp3) is 0.161. The molecule has 0 bridgehead atoms. The number of anilines is 1. The van der Waals surface area contributed by atoms with Gasteiger partial charge in [-0.25, -0.2) is 4.98 Å². The molecule has 1 saturated heterocycles. The van der Waals surface area contributed by atoms with Crippen molar-refractivity contribution >= 4 is 62.2 Å². The van der Waals surface area contributed by atoms with Crippen molar-refractivity contribution < 1.29 is 9.21 Å².